The van der Waals surface area contributed by atoms with Crippen LogP contribution in [0.25, 0.3) is 11.0 Å². The van der Waals surface area contributed by atoms with Gasteiger partial charge in [0.1, 0.15) is 11.0 Å². The van der Waals surface area contributed by atoms with Crippen molar-refractivity contribution in [3.63, 3.8) is 0 Å². The van der Waals surface area contributed by atoms with Crippen LogP contribution in [0.4, 0.5) is 5.69 Å². The van der Waals surface area contributed by atoms with E-state index in [0.717, 1.165) is 16.7 Å². The molecule has 0 aliphatic rings. The normalized spacial score (nSPS) is 11.3. The van der Waals surface area contributed by atoms with Crippen LogP contribution in [0.15, 0.2) is 23.7 Å². The standard InChI is InChI=1S/C9H7Cl2N3S/c10-4-1-5-12-8-6(11)2-3-7-9(8)14-15-13-7/h1-4,12H,5H2/b4-1+. The van der Waals surface area contributed by atoms with E-state index in [0.29, 0.717) is 11.6 Å². The Morgan fingerprint density at radius 3 is 3.07 bits per heavy atom. The summed E-state index contributed by atoms with van der Waals surface area (Å²) in [4.78, 5) is 0. The second-order valence-electron chi connectivity index (χ2n) is 2.80. The van der Waals surface area contributed by atoms with E-state index >= 15 is 0 Å². The Morgan fingerprint density at radius 2 is 2.27 bits per heavy atom. The third kappa shape index (κ3) is 2.22. The van der Waals surface area contributed by atoms with Gasteiger partial charge in [-0.25, -0.2) is 0 Å². The lowest BCUT2D eigenvalue weighted by atomic mass is 10.2. The second-order valence-corrected chi connectivity index (χ2v) is 3.98. The summed E-state index contributed by atoms with van der Waals surface area (Å²) in [5, 5.41) is 3.78. The highest BCUT2D eigenvalue weighted by atomic mass is 35.5. The fraction of sp³-hybridized carbons (Fsp3) is 0.111. The van der Waals surface area contributed by atoms with Crippen LogP contribution in [-0.4, -0.2) is 15.3 Å². The van der Waals surface area contributed by atoms with Crippen molar-refractivity contribution in [2.45, 2.75) is 0 Å². The molecule has 0 atom stereocenters. The van der Waals surface area contributed by atoms with Crippen molar-refractivity contribution in [1.29, 1.82) is 0 Å². The van der Waals surface area contributed by atoms with Crippen LogP contribution >= 0.6 is 34.9 Å². The third-order valence-electron chi connectivity index (χ3n) is 1.86. The van der Waals surface area contributed by atoms with Crippen molar-refractivity contribution in [1.82, 2.24) is 8.75 Å². The van der Waals surface area contributed by atoms with Gasteiger partial charge in [0.05, 0.1) is 22.4 Å². The van der Waals surface area contributed by atoms with Crippen LogP contribution in [0.5, 0.6) is 0 Å². The highest BCUT2D eigenvalue weighted by molar-refractivity contribution is 7.00. The fourth-order valence-electron chi connectivity index (χ4n) is 1.20. The molecule has 1 aromatic heterocycles. The molecule has 2 aromatic rings. The maximum Gasteiger partial charge on any atom is 0.129 e. The van der Waals surface area contributed by atoms with Crippen LogP contribution in [0.1, 0.15) is 0 Å². The van der Waals surface area contributed by atoms with Gasteiger partial charge in [0.15, 0.2) is 0 Å². The van der Waals surface area contributed by atoms with Gasteiger partial charge in [0.25, 0.3) is 0 Å². The van der Waals surface area contributed by atoms with Gasteiger partial charge in [-0.3, -0.25) is 0 Å². The van der Waals surface area contributed by atoms with E-state index in [1.165, 1.54) is 17.3 Å². The molecule has 15 heavy (non-hydrogen) atoms. The molecule has 0 unspecified atom stereocenters. The Morgan fingerprint density at radius 1 is 1.40 bits per heavy atom. The second kappa shape index (κ2) is 4.79. The molecule has 0 saturated heterocycles. The highest BCUT2D eigenvalue weighted by Crippen LogP contribution is 2.29. The summed E-state index contributed by atoms with van der Waals surface area (Å²) < 4.78 is 8.32. The van der Waals surface area contributed by atoms with Crippen LogP contribution in [-0.2, 0) is 0 Å². The van der Waals surface area contributed by atoms with Crippen molar-refractivity contribution in [3.05, 3.63) is 28.8 Å². The summed E-state index contributed by atoms with van der Waals surface area (Å²) in [6.45, 7) is 0.611. The molecule has 0 saturated carbocycles. The third-order valence-corrected chi connectivity index (χ3v) is 2.90. The summed E-state index contributed by atoms with van der Waals surface area (Å²) in [6.07, 6.45) is 1.79. The van der Waals surface area contributed by atoms with E-state index < -0.39 is 0 Å². The van der Waals surface area contributed by atoms with Crippen molar-refractivity contribution in [3.8, 4) is 0 Å². The molecule has 0 aliphatic heterocycles. The Hall–Kier alpha value is -0.840. The molecule has 0 radical (unpaired) electrons. The summed E-state index contributed by atoms with van der Waals surface area (Å²) in [5.74, 6) is 0. The molecule has 0 aliphatic carbocycles. The molecule has 1 heterocycles. The van der Waals surface area contributed by atoms with Crippen molar-refractivity contribution >= 4 is 51.7 Å². The van der Waals surface area contributed by atoms with Crippen molar-refractivity contribution < 1.29 is 0 Å². The lowest BCUT2D eigenvalue weighted by molar-refractivity contribution is 1.35. The molecule has 78 valence electrons. The van der Waals surface area contributed by atoms with E-state index in [9.17, 15) is 0 Å². The summed E-state index contributed by atoms with van der Waals surface area (Å²) in [7, 11) is 0. The lowest BCUT2D eigenvalue weighted by Gasteiger charge is -2.05. The smallest absolute Gasteiger partial charge is 0.129 e. The van der Waals surface area contributed by atoms with Gasteiger partial charge in [0.2, 0.25) is 0 Å². The monoisotopic (exact) mass is 259 g/mol. The predicted molar refractivity (Wildman–Crippen MR) is 65.9 cm³/mol. The molecule has 6 heteroatoms. The molecule has 0 spiro atoms. The molecule has 2 rings (SSSR count). The fourth-order valence-corrected chi connectivity index (χ4v) is 2.05. The van der Waals surface area contributed by atoms with E-state index in [4.69, 9.17) is 23.2 Å². The molecular formula is C9H7Cl2N3S. The first-order valence-corrected chi connectivity index (χ1v) is 5.77. The zero-order chi connectivity index (χ0) is 10.7. The molecule has 1 aromatic carbocycles. The number of aromatic nitrogens is 2. The number of fused-ring (bicyclic) bond motifs is 1. The van der Waals surface area contributed by atoms with Gasteiger partial charge < -0.3 is 5.32 Å². The van der Waals surface area contributed by atoms with E-state index in [2.05, 4.69) is 14.1 Å². The number of rotatable bonds is 3. The first-order valence-electron chi connectivity index (χ1n) is 4.23. The number of halogens is 2. The number of nitrogens with zero attached hydrogens (tertiary/aromatic N) is 2. The minimum absolute atomic E-state index is 0.611. The summed E-state index contributed by atoms with van der Waals surface area (Å²) in [5.41, 5.74) is 3.91. The Kier molecular flexibility index (Phi) is 3.41. The zero-order valence-electron chi connectivity index (χ0n) is 7.58. The van der Waals surface area contributed by atoms with Gasteiger partial charge in [-0.2, -0.15) is 8.75 Å². The Bertz CT molecular complexity index is 495. The topological polar surface area (TPSA) is 37.8 Å². The van der Waals surface area contributed by atoms with Crippen LogP contribution in [0.3, 0.4) is 0 Å². The van der Waals surface area contributed by atoms with Gasteiger partial charge in [-0.1, -0.05) is 29.3 Å². The van der Waals surface area contributed by atoms with Crippen molar-refractivity contribution in [2.24, 2.45) is 0 Å². The van der Waals surface area contributed by atoms with Crippen LogP contribution < -0.4 is 5.32 Å². The van der Waals surface area contributed by atoms with Gasteiger partial charge >= 0.3 is 0 Å². The van der Waals surface area contributed by atoms with Crippen LogP contribution in [0, 0.1) is 0 Å². The Balaban J connectivity index is 2.38. The average Bonchev–Trinajstić information content (AvgIpc) is 2.69. The molecular weight excluding hydrogens is 253 g/mol. The number of benzene rings is 1. The summed E-state index contributed by atoms with van der Waals surface area (Å²) >= 11 is 12.7. The van der Waals surface area contributed by atoms with E-state index in [1.54, 1.807) is 12.1 Å². The molecule has 0 fully saturated rings. The van der Waals surface area contributed by atoms with Crippen LogP contribution in [0.2, 0.25) is 5.02 Å². The molecule has 0 bridgehead atoms. The average molecular weight is 260 g/mol. The maximum absolute atomic E-state index is 6.06. The van der Waals surface area contributed by atoms with E-state index in [1.807, 2.05) is 6.07 Å². The first kappa shape index (κ1) is 10.7. The van der Waals surface area contributed by atoms with Crippen molar-refractivity contribution in [2.75, 3.05) is 11.9 Å². The van der Waals surface area contributed by atoms with Gasteiger partial charge in [-0.05, 0) is 12.1 Å². The maximum atomic E-state index is 6.06. The quantitative estimate of drug-likeness (QED) is 0.917. The minimum Gasteiger partial charge on any atom is -0.378 e. The SMILES string of the molecule is Cl/C=C/CNc1c(Cl)ccc2nsnc12. The number of hydrogen-bond donors (Lipinski definition) is 1. The Labute approximate surface area is 101 Å². The molecule has 0 amide bonds. The minimum atomic E-state index is 0.611. The number of anilines is 1. The zero-order valence-corrected chi connectivity index (χ0v) is 9.90. The first-order chi connectivity index (χ1) is 7.33. The largest absolute Gasteiger partial charge is 0.378 e. The highest BCUT2D eigenvalue weighted by Gasteiger charge is 2.08. The lowest BCUT2D eigenvalue weighted by Crippen LogP contribution is -1.99. The predicted octanol–water partition coefficient (Wildman–Crippen LogP) is 3.51. The molecule has 1 N–H and O–H groups in total. The number of nitrogens with one attached hydrogen (secondary N) is 1. The number of hydrogen-bond acceptors (Lipinski definition) is 4. The summed E-state index contributed by atoms with van der Waals surface area (Å²) in [6, 6.07) is 3.65. The molecule has 3 nitrogen and oxygen atoms in total. The van der Waals surface area contributed by atoms with Gasteiger partial charge in [-0.15, -0.1) is 0 Å². The van der Waals surface area contributed by atoms with E-state index in [-0.39, 0.29) is 0 Å². The van der Waals surface area contributed by atoms with Gasteiger partial charge in [0, 0.05) is 12.1 Å².